The smallest absolute Gasteiger partial charge is 0.258 e. The number of fused-ring (bicyclic) bond motifs is 2. The molecule has 0 radical (unpaired) electrons. The minimum absolute atomic E-state index is 0.0351. The number of hydrogen-bond acceptors (Lipinski definition) is 4. The molecule has 6 heteroatoms. The summed E-state index contributed by atoms with van der Waals surface area (Å²) in [6, 6.07) is 14.0. The molecule has 0 saturated heterocycles. The predicted molar refractivity (Wildman–Crippen MR) is 150 cm³/mol. The van der Waals surface area contributed by atoms with Crippen LogP contribution >= 0.6 is 0 Å². The van der Waals surface area contributed by atoms with Gasteiger partial charge in [-0.3, -0.25) is 9.59 Å². The Morgan fingerprint density at radius 2 is 1.72 bits per heavy atom. The minimum atomic E-state index is 0.0351. The van der Waals surface area contributed by atoms with E-state index in [0.717, 1.165) is 78.5 Å². The summed E-state index contributed by atoms with van der Waals surface area (Å²) in [5.41, 5.74) is 10.6. The molecule has 2 N–H and O–H groups in total. The maximum Gasteiger partial charge on any atom is 0.258 e. The van der Waals surface area contributed by atoms with Crippen molar-refractivity contribution in [2.45, 2.75) is 59.4 Å². The third kappa shape index (κ3) is 5.43. The topological polar surface area (TPSA) is 80.7 Å². The first kappa shape index (κ1) is 25.4. The largest absolute Gasteiger partial charge is 0.387 e. The van der Waals surface area contributed by atoms with Crippen molar-refractivity contribution in [1.29, 1.82) is 0 Å². The molecule has 3 aromatic rings. The van der Waals surface area contributed by atoms with E-state index in [0.29, 0.717) is 17.8 Å². The molecule has 1 aromatic heterocycles. The van der Waals surface area contributed by atoms with Crippen molar-refractivity contribution in [3.8, 4) is 11.1 Å². The second-order valence-corrected chi connectivity index (χ2v) is 9.49. The molecule has 0 bridgehead atoms. The third-order valence-corrected chi connectivity index (χ3v) is 6.61. The Morgan fingerprint density at radius 1 is 1.00 bits per heavy atom. The molecule has 1 aliphatic heterocycles. The molecule has 0 atom stereocenters. The molecule has 0 unspecified atom stereocenters. The summed E-state index contributed by atoms with van der Waals surface area (Å²) < 4.78 is 1.79. The number of aromatic nitrogens is 1. The van der Waals surface area contributed by atoms with Gasteiger partial charge in [-0.15, -0.1) is 0 Å². The standard InChI is InChI=1S/C30H36N4O2/c1-4-7-15-34-16-12-23-17-21(10-11-26(23)30(34)36)22-8-9-24-18-25(20-28(31)32-27(24)19-22)29(35)33(13-5-2)14-6-3/h8-12,16-19H,4-7,13-15,20H2,1-3H3,(H2,31,32). The highest BCUT2D eigenvalue weighted by Gasteiger charge is 2.21. The molecule has 188 valence electrons. The number of rotatable bonds is 9. The average molecular weight is 485 g/mol. The first-order chi connectivity index (χ1) is 17.4. The van der Waals surface area contributed by atoms with Gasteiger partial charge in [0.15, 0.2) is 0 Å². The van der Waals surface area contributed by atoms with E-state index in [1.807, 2.05) is 59.6 Å². The summed E-state index contributed by atoms with van der Waals surface area (Å²) in [6.07, 6.45) is 8.03. The number of carbonyl (C=O) groups is 1. The number of pyridine rings is 1. The van der Waals surface area contributed by atoms with Crippen molar-refractivity contribution in [3.63, 3.8) is 0 Å². The van der Waals surface area contributed by atoms with Gasteiger partial charge >= 0.3 is 0 Å². The molecule has 6 nitrogen and oxygen atoms in total. The molecule has 4 rings (SSSR count). The van der Waals surface area contributed by atoms with Crippen molar-refractivity contribution in [2.24, 2.45) is 10.7 Å². The number of benzene rings is 2. The fourth-order valence-corrected chi connectivity index (χ4v) is 4.74. The van der Waals surface area contributed by atoms with Crippen LogP contribution in [0, 0.1) is 0 Å². The Balaban J connectivity index is 1.68. The van der Waals surface area contributed by atoms with Crippen LogP contribution in [0.4, 0.5) is 5.69 Å². The maximum atomic E-state index is 13.2. The van der Waals surface area contributed by atoms with Crippen LogP contribution in [0.25, 0.3) is 28.0 Å². The van der Waals surface area contributed by atoms with E-state index < -0.39 is 0 Å². The number of hydrogen-bond donors (Lipinski definition) is 1. The Bertz CT molecular complexity index is 1380. The number of aliphatic imine (C=N–C) groups is 1. The van der Waals surface area contributed by atoms with E-state index in [4.69, 9.17) is 5.73 Å². The summed E-state index contributed by atoms with van der Waals surface area (Å²) in [5.74, 6) is 0.470. The molecule has 2 heterocycles. The summed E-state index contributed by atoms with van der Waals surface area (Å²) >= 11 is 0. The first-order valence-electron chi connectivity index (χ1n) is 13.1. The monoisotopic (exact) mass is 484 g/mol. The van der Waals surface area contributed by atoms with Crippen molar-refractivity contribution in [1.82, 2.24) is 9.47 Å². The highest BCUT2D eigenvalue weighted by atomic mass is 16.2. The average Bonchev–Trinajstić information content (AvgIpc) is 3.05. The highest BCUT2D eigenvalue weighted by molar-refractivity contribution is 6.05. The SMILES string of the molecule is CCCCn1ccc2cc(-c3ccc4c(c3)N=C(N)CC(C(=O)N(CCC)CCC)=C4)ccc2c1=O. The molecule has 0 aliphatic carbocycles. The molecule has 0 spiro atoms. The summed E-state index contributed by atoms with van der Waals surface area (Å²) in [7, 11) is 0. The number of nitrogens with two attached hydrogens (primary N) is 1. The van der Waals surface area contributed by atoms with Crippen LogP contribution in [0.1, 0.15) is 58.4 Å². The molecule has 36 heavy (non-hydrogen) atoms. The number of amidine groups is 1. The van der Waals surface area contributed by atoms with Crippen LogP contribution in [-0.2, 0) is 11.3 Å². The van der Waals surface area contributed by atoms with Gasteiger partial charge in [-0.2, -0.15) is 0 Å². The second-order valence-electron chi connectivity index (χ2n) is 9.49. The van der Waals surface area contributed by atoms with E-state index in [9.17, 15) is 9.59 Å². The van der Waals surface area contributed by atoms with Gasteiger partial charge in [-0.25, -0.2) is 4.99 Å². The van der Waals surface area contributed by atoms with Crippen molar-refractivity contribution >= 4 is 34.3 Å². The third-order valence-electron chi connectivity index (χ3n) is 6.61. The van der Waals surface area contributed by atoms with Gasteiger partial charge in [0.2, 0.25) is 5.91 Å². The van der Waals surface area contributed by atoms with Gasteiger partial charge in [0, 0.05) is 48.8 Å². The molecule has 1 aliphatic rings. The van der Waals surface area contributed by atoms with Gasteiger partial charge in [-0.05, 0) is 66.1 Å². The van der Waals surface area contributed by atoms with Gasteiger partial charge in [0.25, 0.3) is 5.56 Å². The number of nitrogens with zero attached hydrogens (tertiary/aromatic N) is 3. The number of aryl methyl sites for hydroxylation is 1. The fourth-order valence-electron chi connectivity index (χ4n) is 4.74. The van der Waals surface area contributed by atoms with E-state index in [-0.39, 0.29) is 11.5 Å². The number of carbonyl (C=O) groups excluding carboxylic acids is 1. The minimum Gasteiger partial charge on any atom is -0.387 e. The van der Waals surface area contributed by atoms with Gasteiger partial charge in [0.05, 0.1) is 5.69 Å². The van der Waals surface area contributed by atoms with Crippen LogP contribution in [0.5, 0.6) is 0 Å². The lowest BCUT2D eigenvalue weighted by atomic mass is 9.99. The van der Waals surface area contributed by atoms with Gasteiger partial charge in [0.1, 0.15) is 5.84 Å². The maximum absolute atomic E-state index is 13.2. The summed E-state index contributed by atoms with van der Waals surface area (Å²) in [6.45, 7) is 8.50. The zero-order valence-electron chi connectivity index (χ0n) is 21.6. The Morgan fingerprint density at radius 3 is 2.44 bits per heavy atom. The first-order valence-corrected chi connectivity index (χ1v) is 13.1. The Kier molecular flexibility index (Phi) is 8.04. The van der Waals surface area contributed by atoms with E-state index in [1.54, 1.807) is 4.57 Å². The number of amides is 1. The highest BCUT2D eigenvalue weighted by Crippen LogP contribution is 2.33. The predicted octanol–water partition coefficient (Wildman–Crippen LogP) is 5.89. The molecule has 0 saturated carbocycles. The van der Waals surface area contributed by atoms with Crippen LogP contribution in [-0.4, -0.2) is 34.3 Å². The zero-order valence-corrected chi connectivity index (χ0v) is 21.6. The Hall–Kier alpha value is -3.67. The second kappa shape index (κ2) is 11.4. The summed E-state index contributed by atoms with van der Waals surface area (Å²) in [5, 5.41) is 1.65. The van der Waals surface area contributed by atoms with E-state index >= 15 is 0 Å². The van der Waals surface area contributed by atoms with Crippen LogP contribution in [0.2, 0.25) is 0 Å². The molecular weight excluding hydrogens is 448 g/mol. The summed E-state index contributed by atoms with van der Waals surface area (Å²) in [4.78, 5) is 32.6. The van der Waals surface area contributed by atoms with Crippen LogP contribution in [0.15, 0.2) is 64.0 Å². The lowest BCUT2D eigenvalue weighted by Crippen LogP contribution is -2.34. The Labute approximate surface area is 213 Å². The lowest BCUT2D eigenvalue weighted by Gasteiger charge is -2.22. The van der Waals surface area contributed by atoms with Gasteiger partial charge < -0.3 is 15.2 Å². The fraction of sp³-hybridized carbons (Fsp3) is 0.367. The number of unbranched alkanes of at least 4 members (excludes halogenated alkanes) is 1. The van der Waals surface area contributed by atoms with E-state index in [1.165, 1.54) is 0 Å². The molecule has 1 amide bonds. The quantitative estimate of drug-likeness (QED) is 0.411. The molecule has 0 fully saturated rings. The lowest BCUT2D eigenvalue weighted by molar-refractivity contribution is -0.127. The molecule has 2 aromatic carbocycles. The van der Waals surface area contributed by atoms with E-state index in [2.05, 4.69) is 25.8 Å². The van der Waals surface area contributed by atoms with Gasteiger partial charge in [-0.1, -0.05) is 45.4 Å². The zero-order chi connectivity index (χ0) is 25.7. The van der Waals surface area contributed by atoms with Crippen molar-refractivity contribution < 1.29 is 4.79 Å². The van der Waals surface area contributed by atoms with Crippen LogP contribution in [0.3, 0.4) is 0 Å². The van der Waals surface area contributed by atoms with Crippen LogP contribution < -0.4 is 11.3 Å². The van der Waals surface area contributed by atoms with Crippen molar-refractivity contribution in [2.75, 3.05) is 13.1 Å². The van der Waals surface area contributed by atoms with Crippen molar-refractivity contribution in [3.05, 3.63) is 70.2 Å². The normalized spacial score (nSPS) is 13.1. The molecular formula is C30H36N4O2.